The zero-order chi connectivity index (χ0) is 10.6. The summed E-state index contributed by atoms with van der Waals surface area (Å²) in [6.45, 7) is -0.327. The van der Waals surface area contributed by atoms with E-state index >= 15 is 0 Å². The fraction of sp³-hybridized carbons (Fsp3) is 0.286. The molecule has 1 aromatic heterocycles. The molecule has 76 valence electrons. The molecule has 7 nitrogen and oxygen atoms in total. The second-order valence-electron chi connectivity index (χ2n) is 2.36. The molecular weight excluding hydrogens is 190 g/mol. The highest BCUT2D eigenvalue weighted by Crippen LogP contribution is 2.13. The number of hydrogen-bond acceptors (Lipinski definition) is 5. The van der Waals surface area contributed by atoms with Crippen molar-refractivity contribution >= 4 is 11.8 Å². The van der Waals surface area contributed by atoms with E-state index in [-0.39, 0.29) is 18.1 Å². The number of ether oxygens (including phenoxy) is 1. The lowest BCUT2D eigenvalue weighted by Gasteiger charge is -2.05. The molecule has 0 amide bonds. The summed E-state index contributed by atoms with van der Waals surface area (Å²) in [6, 6.07) is 0. The first kappa shape index (κ1) is 10.0. The molecule has 14 heavy (non-hydrogen) atoms. The molecular formula is C7H9N3O4. The van der Waals surface area contributed by atoms with Gasteiger partial charge >= 0.3 is 5.97 Å². The molecule has 0 unspecified atom stereocenters. The Hall–Kier alpha value is -2.05. The average Bonchev–Trinajstić information content (AvgIpc) is 2.14. The molecule has 0 aliphatic rings. The average molecular weight is 199 g/mol. The van der Waals surface area contributed by atoms with E-state index in [4.69, 9.17) is 9.84 Å². The lowest BCUT2D eigenvalue weighted by atomic mass is 10.5. The third-order valence-electron chi connectivity index (χ3n) is 1.42. The first-order valence-corrected chi connectivity index (χ1v) is 3.72. The van der Waals surface area contributed by atoms with Gasteiger partial charge in [0.1, 0.15) is 6.54 Å². The van der Waals surface area contributed by atoms with E-state index in [1.54, 1.807) is 0 Å². The number of carbonyl (C=O) groups is 1. The van der Waals surface area contributed by atoms with Crippen LogP contribution in [0.3, 0.4) is 0 Å². The molecule has 0 fully saturated rings. The van der Waals surface area contributed by atoms with E-state index in [0.29, 0.717) is 0 Å². The van der Waals surface area contributed by atoms with E-state index in [1.165, 1.54) is 7.11 Å². The van der Waals surface area contributed by atoms with E-state index in [1.807, 2.05) is 0 Å². The van der Waals surface area contributed by atoms with Gasteiger partial charge in [-0.1, -0.05) is 0 Å². The number of carboxylic acids is 1. The summed E-state index contributed by atoms with van der Waals surface area (Å²) in [5.41, 5.74) is -0.463. The quantitative estimate of drug-likeness (QED) is 0.590. The third-order valence-corrected chi connectivity index (χ3v) is 1.42. The maximum absolute atomic E-state index is 11.1. The number of rotatable bonds is 4. The summed E-state index contributed by atoms with van der Waals surface area (Å²) >= 11 is 0. The molecule has 1 rings (SSSR count). The van der Waals surface area contributed by atoms with Crippen LogP contribution < -0.4 is 15.6 Å². The molecule has 0 saturated heterocycles. The van der Waals surface area contributed by atoms with Gasteiger partial charge in [0, 0.05) is 0 Å². The maximum Gasteiger partial charge on any atom is 0.322 e. The van der Waals surface area contributed by atoms with Crippen LogP contribution in [0.2, 0.25) is 0 Å². The van der Waals surface area contributed by atoms with Crippen molar-refractivity contribution in [2.24, 2.45) is 0 Å². The van der Waals surface area contributed by atoms with Gasteiger partial charge in [0.15, 0.2) is 5.82 Å². The predicted molar refractivity (Wildman–Crippen MR) is 47.5 cm³/mol. The van der Waals surface area contributed by atoms with Gasteiger partial charge in [-0.05, 0) is 0 Å². The fourth-order valence-corrected chi connectivity index (χ4v) is 0.862. The highest BCUT2D eigenvalue weighted by atomic mass is 16.5. The largest absolute Gasteiger partial charge is 0.489 e. The minimum absolute atomic E-state index is 0.0336. The van der Waals surface area contributed by atoms with Crippen molar-refractivity contribution in [3.63, 3.8) is 0 Å². The van der Waals surface area contributed by atoms with Crippen molar-refractivity contribution in [2.45, 2.75) is 0 Å². The van der Waals surface area contributed by atoms with Gasteiger partial charge in [0.2, 0.25) is 5.75 Å². The molecule has 1 heterocycles. The maximum atomic E-state index is 11.1. The Morgan fingerprint density at radius 2 is 2.50 bits per heavy atom. The van der Waals surface area contributed by atoms with Gasteiger partial charge in [-0.2, -0.15) is 0 Å². The predicted octanol–water partition coefficient (Wildman–Crippen LogP) is -0.725. The number of aromatic nitrogens is 2. The Bertz CT molecular complexity index is 387. The smallest absolute Gasteiger partial charge is 0.322 e. The third kappa shape index (κ3) is 2.22. The molecule has 0 radical (unpaired) electrons. The van der Waals surface area contributed by atoms with Crippen LogP contribution in [0.15, 0.2) is 11.1 Å². The van der Waals surface area contributed by atoms with Crippen molar-refractivity contribution in [2.75, 3.05) is 19.0 Å². The Kier molecular flexibility index (Phi) is 3.05. The zero-order valence-electron chi connectivity index (χ0n) is 7.40. The van der Waals surface area contributed by atoms with Crippen LogP contribution in [-0.4, -0.2) is 34.7 Å². The molecule has 1 aromatic rings. The van der Waals surface area contributed by atoms with Gasteiger partial charge in [0.25, 0.3) is 5.56 Å². The normalized spacial score (nSPS) is 9.50. The molecule has 0 spiro atoms. The standard InChI is InChI=1S/C7H9N3O4/c1-14-5-6(8-2-4(11)12)9-3-10-7(5)13/h3H,2H2,1H3,(H,11,12)(H2,8,9,10,13). The number of anilines is 1. The number of methoxy groups -OCH3 is 1. The highest BCUT2D eigenvalue weighted by Gasteiger charge is 2.08. The summed E-state index contributed by atoms with van der Waals surface area (Å²) in [5, 5.41) is 10.8. The fourth-order valence-electron chi connectivity index (χ4n) is 0.862. The first-order chi connectivity index (χ1) is 6.65. The van der Waals surface area contributed by atoms with Gasteiger partial charge in [-0.15, -0.1) is 0 Å². The van der Waals surface area contributed by atoms with Gasteiger partial charge in [-0.25, -0.2) is 4.98 Å². The summed E-state index contributed by atoms with van der Waals surface area (Å²) in [6.07, 6.45) is 1.16. The molecule has 0 aliphatic carbocycles. The lowest BCUT2D eigenvalue weighted by molar-refractivity contribution is -0.134. The Labute approximate surface area is 78.7 Å². The van der Waals surface area contributed by atoms with Crippen molar-refractivity contribution in [1.82, 2.24) is 9.97 Å². The minimum atomic E-state index is -1.05. The molecule has 0 saturated carbocycles. The second kappa shape index (κ2) is 4.26. The summed E-state index contributed by atoms with van der Waals surface area (Å²) in [5.74, 6) is -0.971. The molecule has 0 atom stereocenters. The Morgan fingerprint density at radius 3 is 3.07 bits per heavy atom. The van der Waals surface area contributed by atoms with Gasteiger partial charge < -0.3 is 20.1 Å². The monoisotopic (exact) mass is 199 g/mol. The Morgan fingerprint density at radius 1 is 1.79 bits per heavy atom. The van der Waals surface area contributed by atoms with Crippen LogP contribution in [0.5, 0.6) is 5.75 Å². The summed E-state index contributed by atoms with van der Waals surface area (Å²) in [7, 11) is 1.30. The van der Waals surface area contributed by atoms with Gasteiger partial charge in [0.05, 0.1) is 13.4 Å². The minimum Gasteiger partial charge on any atom is -0.489 e. The first-order valence-electron chi connectivity index (χ1n) is 3.72. The topological polar surface area (TPSA) is 104 Å². The van der Waals surface area contributed by atoms with Crippen LogP contribution in [0.25, 0.3) is 0 Å². The van der Waals surface area contributed by atoms with Crippen LogP contribution in [0.1, 0.15) is 0 Å². The van der Waals surface area contributed by atoms with Crippen molar-refractivity contribution in [3.8, 4) is 5.75 Å². The SMILES string of the molecule is COc1c(NCC(=O)O)nc[nH]c1=O. The Balaban J connectivity index is 2.90. The number of nitrogens with zero attached hydrogens (tertiary/aromatic N) is 1. The molecule has 0 aliphatic heterocycles. The molecule has 3 N–H and O–H groups in total. The molecule has 0 aromatic carbocycles. The number of aromatic amines is 1. The van der Waals surface area contributed by atoms with Crippen LogP contribution >= 0.6 is 0 Å². The van der Waals surface area contributed by atoms with Crippen molar-refractivity contribution in [3.05, 3.63) is 16.7 Å². The number of hydrogen-bond donors (Lipinski definition) is 3. The summed E-state index contributed by atoms with van der Waals surface area (Å²) < 4.78 is 4.75. The van der Waals surface area contributed by atoms with Crippen LogP contribution in [-0.2, 0) is 4.79 Å². The second-order valence-corrected chi connectivity index (χ2v) is 2.36. The highest BCUT2D eigenvalue weighted by molar-refractivity contribution is 5.72. The molecule has 7 heteroatoms. The van der Waals surface area contributed by atoms with E-state index in [9.17, 15) is 9.59 Å². The van der Waals surface area contributed by atoms with Gasteiger partial charge in [-0.3, -0.25) is 9.59 Å². The lowest BCUT2D eigenvalue weighted by Crippen LogP contribution is -2.18. The van der Waals surface area contributed by atoms with Crippen LogP contribution in [0.4, 0.5) is 5.82 Å². The molecule has 0 bridgehead atoms. The van der Waals surface area contributed by atoms with E-state index in [0.717, 1.165) is 6.33 Å². The number of H-pyrrole nitrogens is 1. The number of aliphatic carboxylic acids is 1. The zero-order valence-corrected chi connectivity index (χ0v) is 7.40. The van der Waals surface area contributed by atoms with Crippen molar-refractivity contribution in [1.29, 1.82) is 0 Å². The van der Waals surface area contributed by atoms with E-state index in [2.05, 4.69) is 15.3 Å². The van der Waals surface area contributed by atoms with Crippen LogP contribution in [0, 0.1) is 0 Å². The number of carboxylic acid groups (broad SMARTS) is 1. The number of nitrogens with one attached hydrogen (secondary N) is 2. The van der Waals surface area contributed by atoms with Crippen molar-refractivity contribution < 1.29 is 14.6 Å². The van der Waals surface area contributed by atoms with E-state index < -0.39 is 11.5 Å². The summed E-state index contributed by atoms with van der Waals surface area (Å²) in [4.78, 5) is 27.4.